The normalized spacial score (nSPS) is 17.8. The summed E-state index contributed by atoms with van der Waals surface area (Å²) in [6.45, 7) is 3.00. The molecule has 3 aromatic rings. The van der Waals surface area contributed by atoms with Crippen molar-refractivity contribution in [1.82, 2.24) is 30.5 Å². The number of carbonyl (C=O) groups excluding carboxylic acids is 1. The van der Waals surface area contributed by atoms with Crippen LogP contribution < -0.4 is 10.2 Å². The molecule has 29 heavy (non-hydrogen) atoms. The summed E-state index contributed by atoms with van der Waals surface area (Å²) in [5.41, 5.74) is 1.11. The molecule has 1 saturated heterocycles. The minimum absolute atomic E-state index is 0.242. The highest BCUT2D eigenvalue weighted by Gasteiger charge is 2.29. The maximum atomic E-state index is 12.3. The van der Waals surface area contributed by atoms with Crippen LogP contribution in [0.1, 0.15) is 31.5 Å². The first-order valence-corrected chi connectivity index (χ1v) is 9.39. The molecule has 8 nitrogen and oxygen atoms in total. The van der Waals surface area contributed by atoms with Gasteiger partial charge in [0.25, 0.3) is 0 Å². The summed E-state index contributed by atoms with van der Waals surface area (Å²) in [6.07, 6.45) is -2.87. The summed E-state index contributed by atoms with van der Waals surface area (Å²) in [6, 6.07) is 1.61. The summed E-state index contributed by atoms with van der Waals surface area (Å²) in [4.78, 5) is 25.9. The largest absolute Gasteiger partial charge is 0.389 e. The van der Waals surface area contributed by atoms with Crippen LogP contribution in [0.5, 0.6) is 0 Å². The second-order valence-corrected chi connectivity index (χ2v) is 7.22. The van der Waals surface area contributed by atoms with Gasteiger partial charge in [0.15, 0.2) is 11.3 Å². The number of amides is 1. The number of aryl methyl sites for hydroxylation is 1. The number of carbonyl (C=O) groups is 1. The average Bonchev–Trinajstić information content (AvgIpc) is 3.14. The van der Waals surface area contributed by atoms with Crippen molar-refractivity contribution in [3.8, 4) is 0 Å². The number of hydrogen-bond acceptors (Lipinski definition) is 6. The van der Waals surface area contributed by atoms with Crippen LogP contribution in [0.4, 0.5) is 19.0 Å². The number of fused-ring (bicyclic) bond motifs is 3. The van der Waals surface area contributed by atoms with Gasteiger partial charge in [0, 0.05) is 37.1 Å². The molecule has 0 bridgehead atoms. The SMILES string of the molecule is Cc1nc(N2CCCC(NC(=O)CCC(F)(F)F)C2)c2c(nnc3nccc32)[nH]1. The van der Waals surface area contributed by atoms with E-state index in [0.29, 0.717) is 35.9 Å². The molecule has 1 aliphatic rings. The van der Waals surface area contributed by atoms with Crippen molar-refractivity contribution >= 4 is 33.8 Å². The van der Waals surface area contributed by atoms with E-state index in [0.717, 1.165) is 23.7 Å². The monoisotopic (exact) mass is 407 g/mol. The number of halogens is 3. The lowest BCUT2D eigenvalue weighted by Gasteiger charge is -2.34. The van der Waals surface area contributed by atoms with Gasteiger partial charge in [0.05, 0.1) is 11.8 Å². The zero-order valence-corrected chi connectivity index (χ0v) is 15.8. The fourth-order valence-electron chi connectivity index (χ4n) is 3.68. The van der Waals surface area contributed by atoms with Gasteiger partial charge in [-0.1, -0.05) is 0 Å². The van der Waals surface area contributed by atoms with Crippen LogP contribution in [0.3, 0.4) is 0 Å². The van der Waals surface area contributed by atoms with Crippen LogP contribution >= 0.6 is 0 Å². The number of aromatic amines is 1. The van der Waals surface area contributed by atoms with Crippen LogP contribution in [-0.4, -0.2) is 56.4 Å². The van der Waals surface area contributed by atoms with Crippen molar-refractivity contribution in [2.75, 3.05) is 18.0 Å². The molecular formula is C18H20F3N7O. The Morgan fingerprint density at radius 3 is 3.00 bits per heavy atom. The summed E-state index contributed by atoms with van der Waals surface area (Å²) in [7, 11) is 0. The predicted octanol–water partition coefficient (Wildman–Crippen LogP) is 2.64. The van der Waals surface area contributed by atoms with Gasteiger partial charge >= 0.3 is 6.18 Å². The second-order valence-electron chi connectivity index (χ2n) is 7.22. The van der Waals surface area contributed by atoms with E-state index in [2.05, 4.69) is 30.5 Å². The number of piperidine rings is 1. The highest BCUT2D eigenvalue weighted by Crippen LogP contribution is 2.30. The molecule has 4 rings (SSSR count). The van der Waals surface area contributed by atoms with E-state index >= 15 is 0 Å². The van der Waals surface area contributed by atoms with Crippen LogP contribution in [0, 0.1) is 6.92 Å². The van der Waals surface area contributed by atoms with E-state index in [9.17, 15) is 18.0 Å². The van der Waals surface area contributed by atoms with Crippen molar-refractivity contribution in [2.45, 2.75) is 44.8 Å². The first-order chi connectivity index (χ1) is 13.8. The lowest BCUT2D eigenvalue weighted by Crippen LogP contribution is -2.48. The summed E-state index contributed by atoms with van der Waals surface area (Å²) in [5, 5.41) is 12.7. The topological polar surface area (TPSA) is 99.7 Å². The fourth-order valence-corrected chi connectivity index (χ4v) is 3.68. The Bertz CT molecular complexity index is 1050. The average molecular weight is 407 g/mol. The van der Waals surface area contributed by atoms with Crippen LogP contribution in [-0.2, 0) is 4.79 Å². The van der Waals surface area contributed by atoms with Gasteiger partial charge in [0.1, 0.15) is 11.6 Å². The Morgan fingerprint density at radius 1 is 1.38 bits per heavy atom. The lowest BCUT2D eigenvalue weighted by molar-refractivity contribution is -0.144. The molecule has 1 amide bonds. The highest BCUT2D eigenvalue weighted by atomic mass is 19.4. The quantitative estimate of drug-likeness (QED) is 0.690. The van der Waals surface area contributed by atoms with Crippen LogP contribution in [0.2, 0.25) is 0 Å². The number of anilines is 1. The number of rotatable bonds is 4. The highest BCUT2D eigenvalue weighted by molar-refractivity contribution is 6.07. The van der Waals surface area contributed by atoms with E-state index in [1.54, 1.807) is 6.20 Å². The lowest BCUT2D eigenvalue weighted by atomic mass is 10.0. The van der Waals surface area contributed by atoms with Crippen molar-refractivity contribution in [1.29, 1.82) is 0 Å². The van der Waals surface area contributed by atoms with Crippen molar-refractivity contribution in [2.24, 2.45) is 0 Å². The Labute approximate surface area is 163 Å². The third-order valence-corrected chi connectivity index (χ3v) is 4.95. The number of H-pyrrole nitrogens is 1. The van der Waals surface area contributed by atoms with E-state index in [1.807, 2.05) is 17.9 Å². The van der Waals surface area contributed by atoms with Gasteiger partial charge in [-0.25, -0.2) is 9.97 Å². The maximum absolute atomic E-state index is 12.3. The molecule has 4 heterocycles. The molecule has 154 valence electrons. The first kappa shape index (κ1) is 19.3. The number of nitrogens with one attached hydrogen (secondary N) is 2. The zero-order chi connectivity index (χ0) is 20.6. The van der Waals surface area contributed by atoms with Crippen molar-refractivity contribution in [3.63, 3.8) is 0 Å². The minimum Gasteiger partial charge on any atom is -0.354 e. The van der Waals surface area contributed by atoms with Gasteiger partial charge < -0.3 is 15.2 Å². The molecule has 1 unspecified atom stereocenters. The summed E-state index contributed by atoms with van der Waals surface area (Å²) in [5.74, 6) is 0.786. The Hall–Kier alpha value is -2.98. The van der Waals surface area contributed by atoms with Gasteiger partial charge in [-0.15, -0.1) is 10.2 Å². The van der Waals surface area contributed by atoms with Gasteiger partial charge in [-0.2, -0.15) is 13.2 Å². The van der Waals surface area contributed by atoms with Gasteiger partial charge in [0.2, 0.25) is 5.91 Å². The third kappa shape index (κ3) is 4.22. The molecule has 0 aromatic carbocycles. The number of nitrogens with zero attached hydrogens (tertiary/aromatic N) is 5. The third-order valence-electron chi connectivity index (χ3n) is 4.95. The summed E-state index contributed by atoms with van der Waals surface area (Å²) >= 11 is 0. The number of aromatic nitrogens is 5. The summed E-state index contributed by atoms with van der Waals surface area (Å²) < 4.78 is 37.0. The number of hydrogen-bond donors (Lipinski definition) is 2. The van der Waals surface area contributed by atoms with Crippen molar-refractivity contribution in [3.05, 3.63) is 18.1 Å². The van der Waals surface area contributed by atoms with Gasteiger partial charge in [-0.3, -0.25) is 4.79 Å². The van der Waals surface area contributed by atoms with E-state index < -0.39 is 24.9 Å². The molecule has 1 aliphatic heterocycles. The molecule has 0 aliphatic carbocycles. The standard InChI is InChI=1S/C18H20F3N7O/c1-10-23-16-14(12-5-7-22-15(12)26-27-16)17(24-10)28-8-2-3-11(9-28)25-13(29)4-6-18(19,20)21/h5,7,11H,2-4,6,8-9H2,1H3,(H,25,29)(H,23,24,27). The molecule has 0 spiro atoms. The molecule has 3 aromatic heterocycles. The van der Waals surface area contributed by atoms with Crippen molar-refractivity contribution < 1.29 is 18.0 Å². The van der Waals surface area contributed by atoms with Crippen LogP contribution in [0.25, 0.3) is 22.1 Å². The first-order valence-electron chi connectivity index (χ1n) is 9.39. The molecule has 1 atom stereocenters. The Morgan fingerprint density at radius 2 is 2.21 bits per heavy atom. The minimum atomic E-state index is -4.34. The van der Waals surface area contributed by atoms with E-state index in [1.165, 1.54) is 0 Å². The molecule has 0 radical (unpaired) electrons. The molecule has 2 N–H and O–H groups in total. The molecule has 0 saturated carbocycles. The predicted molar refractivity (Wildman–Crippen MR) is 100 cm³/mol. The second kappa shape index (κ2) is 7.45. The van der Waals surface area contributed by atoms with E-state index in [-0.39, 0.29) is 6.04 Å². The molecule has 1 fully saturated rings. The fraction of sp³-hybridized carbons (Fsp3) is 0.500. The molecular weight excluding hydrogens is 387 g/mol. The Kier molecular flexibility index (Phi) is 4.97. The molecule has 11 heteroatoms. The van der Waals surface area contributed by atoms with E-state index in [4.69, 9.17) is 0 Å². The smallest absolute Gasteiger partial charge is 0.354 e. The Balaban J connectivity index is 1.58. The van der Waals surface area contributed by atoms with Gasteiger partial charge in [-0.05, 0) is 25.8 Å². The maximum Gasteiger partial charge on any atom is 0.389 e. The number of alkyl halides is 3. The zero-order valence-electron chi connectivity index (χ0n) is 15.8. The van der Waals surface area contributed by atoms with Crippen LogP contribution in [0.15, 0.2) is 12.3 Å².